The molecule has 2 rings (SSSR count). The minimum atomic E-state index is 0.611. The smallest absolute Gasteiger partial charge is 0.174 e. The van der Waals surface area contributed by atoms with Gasteiger partial charge in [0.1, 0.15) is 10.8 Å². The largest absolute Gasteiger partial charge is 0.493 e. The number of ether oxygens (including phenoxy) is 1. The van der Waals surface area contributed by atoms with Crippen molar-refractivity contribution in [3.8, 4) is 5.75 Å². The summed E-state index contributed by atoms with van der Waals surface area (Å²) in [6.45, 7) is 7.11. The summed E-state index contributed by atoms with van der Waals surface area (Å²) < 4.78 is 6.75. The summed E-state index contributed by atoms with van der Waals surface area (Å²) in [7, 11) is 0. The quantitative estimate of drug-likeness (QED) is 0.556. The van der Waals surface area contributed by atoms with Crippen LogP contribution in [0, 0.1) is 6.92 Å². The molecule has 0 aliphatic carbocycles. The molecule has 2 aromatic rings. The topological polar surface area (TPSA) is 35.0 Å². The molecule has 1 aromatic heterocycles. The van der Waals surface area contributed by atoms with E-state index >= 15 is 0 Å². The third-order valence-electron chi connectivity index (χ3n) is 3.15. The minimum absolute atomic E-state index is 0.611. The van der Waals surface area contributed by atoms with Crippen LogP contribution in [0.4, 0.5) is 0 Å². The summed E-state index contributed by atoms with van der Waals surface area (Å²) in [4.78, 5) is 0. The Hall–Kier alpha value is -1.07. The molecule has 1 atom stereocenters. The van der Waals surface area contributed by atoms with Crippen LogP contribution >= 0.6 is 23.1 Å². The highest BCUT2D eigenvalue weighted by molar-refractivity contribution is 8.01. The zero-order chi connectivity index (χ0) is 14.4. The van der Waals surface area contributed by atoms with Crippen molar-refractivity contribution >= 4 is 23.1 Å². The molecule has 0 bridgehead atoms. The molecule has 3 nitrogen and oxygen atoms in total. The summed E-state index contributed by atoms with van der Waals surface area (Å²) >= 11 is 3.32. The molecule has 0 spiro atoms. The molecular formula is C15H20N2OS2. The van der Waals surface area contributed by atoms with E-state index in [4.69, 9.17) is 4.74 Å². The SMILES string of the molecule is CC[C@H](C)c1ccc(OCCSc2nnc(C)s2)cc1. The number of nitrogens with zero attached hydrogens (tertiary/aromatic N) is 2. The number of rotatable bonds is 7. The highest BCUT2D eigenvalue weighted by atomic mass is 32.2. The van der Waals surface area contributed by atoms with Crippen LogP contribution in [-0.4, -0.2) is 22.6 Å². The predicted octanol–water partition coefficient (Wildman–Crippen LogP) is 4.53. The highest BCUT2D eigenvalue weighted by Gasteiger charge is 2.03. The molecule has 1 aromatic carbocycles. The van der Waals surface area contributed by atoms with E-state index < -0.39 is 0 Å². The summed E-state index contributed by atoms with van der Waals surface area (Å²) in [5.41, 5.74) is 1.37. The molecule has 0 unspecified atom stereocenters. The van der Waals surface area contributed by atoms with E-state index in [1.165, 1.54) is 5.56 Å². The lowest BCUT2D eigenvalue weighted by Gasteiger charge is -2.10. The molecule has 0 aliphatic heterocycles. The van der Waals surface area contributed by atoms with E-state index in [1.807, 2.05) is 6.92 Å². The molecule has 0 radical (unpaired) electrons. The van der Waals surface area contributed by atoms with Gasteiger partial charge in [-0.3, -0.25) is 0 Å². The van der Waals surface area contributed by atoms with E-state index in [2.05, 4.69) is 48.3 Å². The molecule has 0 saturated carbocycles. The lowest BCUT2D eigenvalue weighted by Crippen LogP contribution is -2.00. The Kier molecular flexibility index (Phi) is 5.86. The van der Waals surface area contributed by atoms with E-state index in [-0.39, 0.29) is 0 Å². The molecule has 0 saturated heterocycles. The molecular weight excluding hydrogens is 288 g/mol. The fourth-order valence-corrected chi connectivity index (χ4v) is 3.46. The van der Waals surface area contributed by atoms with Gasteiger partial charge >= 0.3 is 0 Å². The first-order valence-corrected chi connectivity index (χ1v) is 8.65. The summed E-state index contributed by atoms with van der Waals surface area (Å²) in [5.74, 6) is 2.44. The Bertz CT molecular complexity index is 525. The zero-order valence-corrected chi connectivity index (χ0v) is 13.8. The maximum atomic E-state index is 5.74. The molecule has 5 heteroatoms. The van der Waals surface area contributed by atoms with Gasteiger partial charge in [-0.2, -0.15) is 0 Å². The third kappa shape index (κ3) is 4.49. The van der Waals surface area contributed by atoms with Gasteiger partial charge in [-0.1, -0.05) is 49.1 Å². The van der Waals surface area contributed by atoms with Crippen molar-refractivity contribution in [2.45, 2.75) is 37.4 Å². The molecule has 108 valence electrons. The third-order valence-corrected chi connectivity index (χ3v) is 5.08. The Labute approximate surface area is 128 Å². The van der Waals surface area contributed by atoms with Crippen molar-refractivity contribution in [1.82, 2.24) is 10.2 Å². The number of hydrogen-bond acceptors (Lipinski definition) is 5. The van der Waals surface area contributed by atoms with Crippen molar-refractivity contribution < 1.29 is 4.74 Å². The van der Waals surface area contributed by atoms with Gasteiger partial charge in [-0.05, 0) is 37.0 Å². The number of benzene rings is 1. The summed E-state index contributed by atoms with van der Waals surface area (Å²) in [5, 5.41) is 9.08. The van der Waals surface area contributed by atoms with Crippen LogP contribution in [0.15, 0.2) is 28.6 Å². The Morgan fingerprint density at radius 2 is 2.00 bits per heavy atom. The van der Waals surface area contributed by atoms with E-state index in [1.54, 1.807) is 23.1 Å². The predicted molar refractivity (Wildman–Crippen MR) is 86.0 cm³/mol. The molecule has 0 N–H and O–H groups in total. The molecule has 0 fully saturated rings. The Balaban J connectivity index is 1.74. The molecule has 0 aliphatic rings. The maximum absolute atomic E-state index is 5.74. The van der Waals surface area contributed by atoms with Crippen molar-refractivity contribution in [3.05, 3.63) is 34.8 Å². The Morgan fingerprint density at radius 3 is 2.60 bits per heavy atom. The Morgan fingerprint density at radius 1 is 1.25 bits per heavy atom. The van der Waals surface area contributed by atoms with Crippen LogP contribution in [0.3, 0.4) is 0 Å². The minimum Gasteiger partial charge on any atom is -0.493 e. The van der Waals surface area contributed by atoms with Crippen LogP contribution in [0.5, 0.6) is 5.75 Å². The van der Waals surface area contributed by atoms with Gasteiger partial charge in [-0.25, -0.2) is 0 Å². The number of aryl methyl sites for hydroxylation is 1. The zero-order valence-electron chi connectivity index (χ0n) is 12.1. The van der Waals surface area contributed by atoms with E-state index in [9.17, 15) is 0 Å². The first kappa shape index (κ1) is 15.3. The normalized spacial score (nSPS) is 12.3. The van der Waals surface area contributed by atoms with Crippen molar-refractivity contribution in [1.29, 1.82) is 0 Å². The molecule has 1 heterocycles. The summed E-state index contributed by atoms with van der Waals surface area (Å²) in [6, 6.07) is 8.43. The average molecular weight is 308 g/mol. The van der Waals surface area contributed by atoms with Crippen LogP contribution in [-0.2, 0) is 0 Å². The monoisotopic (exact) mass is 308 g/mol. The maximum Gasteiger partial charge on any atom is 0.174 e. The van der Waals surface area contributed by atoms with Crippen LogP contribution in [0.2, 0.25) is 0 Å². The molecule has 0 amide bonds. The van der Waals surface area contributed by atoms with Gasteiger partial charge in [0.05, 0.1) is 6.61 Å². The van der Waals surface area contributed by atoms with Gasteiger partial charge in [-0.15, -0.1) is 10.2 Å². The standard InChI is InChI=1S/C15H20N2OS2/c1-4-11(2)13-5-7-14(8-6-13)18-9-10-19-15-17-16-12(3)20-15/h5-8,11H,4,9-10H2,1-3H3/t11-/m0/s1. The van der Waals surface area contributed by atoms with Gasteiger partial charge in [0, 0.05) is 5.75 Å². The van der Waals surface area contributed by atoms with Gasteiger partial charge in [0.2, 0.25) is 0 Å². The lowest BCUT2D eigenvalue weighted by atomic mass is 9.99. The lowest BCUT2D eigenvalue weighted by molar-refractivity contribution is 0.344. The van der Waals surface area contributed by atoms with Crippen molar-refractivity contribution in [2.75, 3.05) is 12.4 Å². The van der Waals surface area contributed by atoms with Gasteiger partial charge in [0.15, 0.2) is 4.34 Å². The second-order valence-electron chi connectivity index (χ2n) is 4.66. The second-order valence-corrected chi connectivity index (χ2v) is 7.19. The van der Waals surface area contributed by atoms with E-state index in [0.29, 0.717) is 12.5 Å². The highest BCUT2D eigenvalue weighted by Crippen LogP contribution is 2.23. The van der Waals surface area contributed by atoms with Crippen LogP contribution < -0.4 is 4.74 Å². The summed E-state index contributed by atoms with van der Waals surface area (Å²) in [6.07, 6.45) is 1.16. The van der Waals surface area contributed by atoms with Crippen LogP contribution in [0.25, 0.3) is 0 Å². The van der Waals surface area contributed by atoms with Crippen molar-refractivity contribution in [3.63, 3.8) is 0 Å². The second kappa shape index (κ2) is 7.64. The number of thioether (sulfide) groups is 1. The first-order valence-electron chi connectivity index (χ1n) is 6.84. The van der Waals surface area contributed by atoms with Crippen molar-refractivity contribution in [2.24, 2.45) is 0 Å². The van der Waals surface area contributed by atoms with Gasteiger partial charge in [0.25, 0.3) is 0 Å². The average Bonchev–Trinajstić information content (AvgIpc) is 2.89. The fraction of sp³-hybridized carbons (Fsp3) is 0.467. The fourth-order valence-electron chi connectivity index (χ4n) is 1.75. The first-order chi connectivity index (χ1) is 9.69. The number of hydrogen-bond donors (Lipinski definition) is 0. The molecule has 20 heavy (non-hydrogen) atoms. The van der Waals surface area contributed by atoms with E-state index in [0.717, 1.165) is 27.3 Å². The number of aromatic nitrogens is 2. The van der Waals surface area contributed by atoms with Crippen LogP contribution in [0.1, 0.15) is 36.8 Å². The van der Waals surface area contributed by atoms with Gasteiger partial charge < -0.3 is 4.74 Å².